The van der Waals surface area contributed by atoms with E-state index in [9.17, 15) is 4.79 Å². The number of amides is 1. The van der Waals surface area contributed by atoms with Crippen LogP contribution in [0.3, 0.4) is 0 Å². The van der Waals surface area contributed by atoms with Crippen molar-refractivity contribution >= 4 is 22.4 Å². The van der Waals surface area contributed by atoms with E-state index in [0.717, 1.165) is 38.9 Å². The number of rotatable bonds is 8. The fourth-order valence-corrected chi connectivity index (χ4v) is 3.96. The molecule has 4 heteroatoms. The van der Waals surface area contributed by atoms with Crippen molar-refractivity contribution in [3.63, 3.8) is 0 Å². The standard InChI is InChI=1S/C22H31N3O/c1-4-12-23-14-18(22(26)25(5-2)6-3)13-16-10-11-17-15-24-20-9-7-8-19(16)21(17)20/h7-9,13,15,18,23-24H,4-6,10-12,14H2,1-3H3/b16-13+. The molecule has 0 radical (unpaired) electrons. The van der Waals surface area contributed by atoms with Gasteiger partial charge in [0.15, 0.2) is 0 Å². The summed E-state index contributed by atoms with van der Waals surface area (Å²) in [5, 5.41) is 4.78. The number of benzene rings is 1. The zero-order valence-corrected chi connectivity index (χ0v) is 16.3. The fourth-order valence-electron chi connectivity index (χ4n) is 3.96. The molecule has 1 unspecified atom stereocenters. The first-order chi connectivity index (χ1) is 12.7. The Morgan fingerprint density at radius 1 is 1.27 bits per heavy atom. The quantitative estimate of drug-likeness (QED) is 0.705. The summed E-state index contributed by atoms with van der Waals surface area (Å²) in [6, 6.07) is 6.43. The highest BCUT2D eigenvalue weighted by Gasteiger charge is 2.24. The number of hydrogen-bond acceptors (Lipinski definition) is 2. The van der Waals surface area contributed by atoms with Crippen LogP contribution in [0, 0.1) is 5.92 Å². The molecule has 2 N–H and O–H groups in total. The van der Waals surface area contributed by atoms with Crippen LogP contribution in [0.1, 0.15) is 44.7 Å². The van der Waals surface area contributed by atoms with E-state index in [0.29, 0.717) is 6.54 Å². The summed E-state index contributed by atoms with van der Waals surface area (Å²) in [6.07, 6.45) is 7.48. The lowest BCUT2D eigenvalue weighted by Crippen LogP contribution is -2.39. The van der Waals surface area contributed by atoms with Gasteiger partial charge in [-0.1, -0.05) is 25.1 Å². The Hall–Kier alpha value is -2.07. The molecule has 0 saturated carbocycles. The zero-order valence-electron chi connectivity index (χ0n) is 16.3. The highest BCUT2D eigenvalue weighted by Crippen LogP contribution is 2.36. The van der Waals surface area contributed by atoms with Gasteiger partial charge in [-0.2, -0.15) is 0 Å². The molecule has 0 bridgehead atoms. The number of H-pyrrole nitrogens is 1. The van der Waals surface area contributed by atoms with Gasteiger partial charge in [0.05, 0.1) is 5.92 Å². The van der Waals surface area contributed by atoms with E-state index < -0.39 is 0 Å². The molecule has 26 heavy (non-hydrogen) atoms. The van der Waals surface area contributed by atoms with Crippen molar-refractivity contribution in [2.75, 3.05) is 26.2 Å². The summed E-state index contributed by atoms with van der Waals surface area (Å²) in [6.45, 7) is 9.45. The number of aromatic amines is 1. The number of aromatic nitrogens is 1. The Morgan fingerprint density at radius 2 is 2.08 bits per heavy atom. The second-order valence-corrected chi connectivity index (χ2v) is 7.06. The van der Waals surface area contributed by atoms with Crippen LogP contribution in [0.5, 0.6) is 0 Å². The fraction of sp³-hybridized carbons (Fsp3) is 0.500. The highest BCUT2D eigenvalue weighted by atomic mass is 16.2. The van der Waals surface area contributed by atoms with Crippen LogP contribution >= 0.6 is 0 Å². The maximum atomic E-state index is 13.0. The second-order valence-electron chi connectivity index (χ2n) is 7.06. The SMILES string of the molecule is CCCNCC(/C=C1\CCc2c[nH]c3cccc1c23)C(=O)N(CC)CC. The van der Waals surface area contributed by atoms with Gasteiger partial charge < -0.3 is 15.2 Å². The molecule has 1 amide bonds. The van der Waals surface area contributed by atoms with Crippen molar-refractivity contribution in [2.24, 2.45) is 5.92 Å². The van der Waals surface area contributed by atoms with Crippen LogP contribution in [0.15, 0.2) is 30.5 Å². The van der Waals surface area contributed by atoms with Crippen LogP contribution < -0.4 is 5.32 Å². The van der Waals surface area contributed by atoms with E-state index in [4.69, 9.17) is 0 Å². The third-order valence-electron chi connectivity index (χ3n) is 5.38. The summed E-state index contributed by atoms with van der Waals surface area (Å²) in [5.41, 5.74) is 5.19. The average molecular weight is 354 g/mol. The van der Waals surface area contributed by atoms with Gasteiger partial charge in [0.25, 0.3) is 0 Å². The summed E-state index contributed by atoms with van der Waals surface area (Å²) in [4.78, 5) is 18.4. The first-order valence-electron chi connectivity index (χ1n) is 9.99. The van der Waals surface area contributed by atoms with Crippen molar-refractivity contribution in [3.05, 3.63) is 41.6 Å². The van der Waals surface area contributed by atoms with Crippen LogP contribution in [0.2, 0.25) is 0 Å². The number of carbonyl (C=O) groups is 1. The Labute approximate surface area is 156 Å². The van der Waals surface area contributed by atoms with E-state index in [1.807, 2.05) is 4.90 Å². The summed E-state index contributed by atoms with van der Waals surface area (Å²) in [5.74, 6) is 0.130. The number of aryl methyl sites for hydroxylation is 1. The predicted molar refractivity (Wildman–Crippen MR) is 109 cm³/mol. The summed E-state index contributed by atoms with van der Waals surface area (Å²) < 4.78 is 0. The van der Waals surface area contributed by atoms with Gasteiger partial charge in [-0.15, -0.1) is 0 Å². The second kappa shape index (κ2) is 8.54. The Morgan fingerprint density at radius 3 is 2.81 bits per heavy atom. The van der Waals surface area contributed by atoms with E-state index in [1.165, 1.54) is 27.6 Å². The van der Waals surface area contributed by atoms with Crippen LogP contribution in [0.25, 0.3) is 16.5 Å². The molecule has 1 aliphatic rings. The molecule has 4 nitrogen and oxygen atoms in total. The normalized spacial score (nSPS) is 16.2. The molecule has 1 aromatic heterocycles. The smallest absolute Gasteiger partial charge is 0.230 e. The first kappa shape index (κ1) is 18.7. The van der Waals surface area contributed by atoms with Crippen LogP contribution in [-0.2, 0) is 11.2 Å². The van der Waals surface area contributed by atoms with Crippen LogP contribution in [0.4, 0.5) is 0 Å². The molecule has 0 saturated heterocycles. The van der Waals surface area contributed by atoms with Crippen molar-refractivity contribution in [2.45, 2.75) is 40.0 Å². The molecule has 0 fully saturated rings. The number of carbonyl (C=O) groups excluding carboxylic acids is 1. The molecule has 140 valence electrons. The van der Waals surface area contributed by atoms with Gasteiger partial charge in [0.2, 0.25) is 5.91 Å². The van der Waals surface area contributed by atoms with Gasteiger partial charge in [-0.25, -0.2) is 0 Å². The number of nitrogens with zero attached hydrogens (tertiary/aromatic N) is 1. The number of allylic oxidation sites excluding steroid dienone is 1. The summed E-state index contributed by atoms with van der Waals surface area (Å²) in [7, 11) is 0. The van der Waals surface area contributed by atoms with E-state index >= 15 is 0 Å². The minimum atomic E-state index is -0.104. The molecule has 1 aliphatic carbocycles. The largest absolute Gasteiger partial charge is 0.361 e. The van der Waals surface area contributed by atoms with Gasteiger partial charge in [0, 0.05) is 36.7 Å². The highest BCUT2D eigenvalue weighted by molar-refractivity contribution is 5.97. The predicted octanol–water partition coefficient (Wildman–Crippen LogP) is 3.98. The molecular weight excluding hydrogens is 322 g/mol. The monoisotopic (exact) mass is 353 g/mol. The zero-order chi connectivity index (χ0) is 18.5. The molecular formula is C22H31N3O. The lowest BCUT2D eigenvalue weighted by Gasteiger charge is -2.25. The molecule has 1 atom stereocenters. The van der Waals surface area contributed by atoms with Crippen molar-refractivity contribution in [1.82, 2.24) is 15.2 Å². The van der Waals surface area contributed by atoms with Crippen molar-refractivity contribution in [3.8, 4) is 0 Å². The van der Waals surface area contributed by atoms with E-state index in [1.54, 1.807) is 0 Å². The van der Waals surface area contributed by atoms with Gasteiger partial charge in [0.1, 0.15) is 0 Å². The number of nitrogens with one attached hydrogen (secondary N) is 2. The Kier molecular flexibility index (Phi) is 6.15. The number of hydrogen-bond donors (Lipinski definition) is 2. The first-order valence-corrected chi connectivity index (χ1v) is 9.99. The van der Waals surface area contributed by atoms with E-state index in [2.05, 4.69) is 61.5 Å². The maximum Gasteiger partial charge on any atom is 0.230 e. The molecule has 1 aromatic carbocycles. The molecule has 3 rings (SSSR count). The van der Waals surface area contributed by atoms with Crippen molar-refractivity contribution < 1.29 is 4.79 Å². The Bertz CT molecular complexity index is 786. The van der Waals surface area contributed by atoms with Crippen LogP contribution in [-0.4, -0.2) is 42.0 Å². The minimum absolute atomic E-state index is 0.104. The third kappa shape index (κ3) is 3.70. The van der Waals surface area contributed by atoms with E-state index in [-0.39, 0.29) is 11.8 Å². The third-order valence-corrected chi connectivity index (χ3v) is 5.38. The Balaban J connectivity index is 1.93. The van der Waals surface area contributed by atoms with Crippen molar-refractivity contribution in [1.29, 1.82) is 0 Å². The van der Waals surface area contributed by atoms with Gasteiger partial charge in [-0.05, 0) is 62.4 Å². The van der Waals surface area contributed by atoms with Gasteiger partial charge >= 0.3 is 0 Å². The summed E-state index contributed by atoms with van der Waals surface area (Å²) >= 11 is 0. The molecule has 0 aliphatic heterocycles. The minimum Gasteiger partial charge on any atom is -0.361 e. The van der Waals surface area contributed by atoms with Gasteiger partial charge in [-0.3, -0.25) is 4.79 Å². The lowest BCUT2D eigenvalue weighted by molar-refractivity contribution is -0.133. The topological polar surface area (TPSA) is 48.1 Å². The molecule has 2 aromatic rings. The molecule has 1 heterocycles. The average Bonchev–Trinajstić information content (AvgIpc) is 3.08. The molecule has 0 spiro atoms. The lowest BCUT2D eigenvalue weighted by atomic mass is 9.86. The maximum absolute atomic E-state index is 13.0.